The van der Waals surface area contributed by atoms with Gasteiger partial charge in [-0.15, -0.1) is 11.3 Å². The van der Waals surface area contributed by atoms with Crippen LogP contribution in [0.4, 0.5) is 0 Å². The van der Waals surface area contributed by atoms with Gasteiger partial charge in [-0.05, 0) is 37.7 Å². The summed E-state index contributed by atoms with van der Waals surface area (Å²) in [7, 11) is 1.61. The van der Waals surface area contributed by atoms with Crippen molar-refractivity contribution in [3.63, 3.8) is 0 Å². The number of aryl methyl sites for hydroxylation is 2. The molecule has 30 heavy (non-hydrogen) atoms. The summed E-state index contributed by atoms with van der Waals surface area (Å²) in [5, 5.41) is 11.0. The summed E-state index contributed by atoms with van der Waals surface area (Å²) in [6.45, 7) is 3.53. The van der Waals surface area contributed by atoms with Crippen molar-refractivity contribution in [2.75, 3.05) is 33.4 Å². The van der Waals surface area contributed by atoms with Crippen LogP contribution in [-0.2, 0) is 33.7 Å². The maximum atomic E-state index is 12.8. The second kappa shape index (κ2) is 11.0. The van der Waals surface area contributed by atoms with E-state index < -0.39 is 6.10 Å². The molecule has 0 aromatic carbocycles. The van der Waals surface area contributed by atoms with Crippen molar-refractivity contribution in [1.82, 2.24) is 14.9 Å². The first-order valence-electron chi connectivity index (χ1n) is 10.6. The summed E-state index contributed by atoms with van der Waals surface area (Å²) >= 11 is 1.62. The van der Waals surface area contributed by atoms with Gasteiger partial charge >= 0.3 is 5.97 Å². The quantitative estimate of drug-likeness (QED) is 0.518. The van der Waals surface area contributed by atoms with Gasteiger partial charge in [0.05, 0.1) is 18.5 Å². The number of ether oxygens (including phenoxy) is 2. The molecule has 1 aliphatic carbocycles. The van der Waals surface area contributed by atoms with Gasteiger partial charge in [0.25, 0.3) is 5.56 Å². The van der Waals surface area contributed by atoms with Crippen LogP contribution >= 0.6 is 11.3 Å². The van der Waals surface area contributed by atoms with Gasteiger partial charge in [-0.1, -0.05) is 6.92 Å². The third-order valence-corrected chi connectivity index (χ3v) is 6.40. The number of hydrogen-bond donors (Lipinski definition) is 2. The van der Waals surface area contributed by atoms with Gasteiger partial charge in [0.1, 0.15) is 23.4 Å². The van der Waals surface area contributed by atoms with Crippen LogP contribution in [0.3, 0.4) is 0 Å². The number of hydrogen-bond acceptors (Lipinski definition) is 8. The van der Waals surface area contributed by atoms with E-state index in [2.05, 4.69) is 4.98 Å². The van der Waals surface area contributed by atoms with E-state index in [0.717, 1.165) is 35.9 Å². The Bertz CT molecular complexity index is 910. The molecular formula is C21H31N3O5S. The van der Waals surface area contributed by atoms with E-state index in [1.165, 1.54) is 10.4 Å². The van der Waals surface area contributed by atoms with Crippen molar-refractivity contribution in [1.29, 1.82) is 0 Å². The number of aromatic nitrogens is 2. The summed E-state index contributed by atoms with van der Waals surface area (Å²) in [6.07, 6.45) is 4.48. The number of thiophene rings is 1. The molecule has 0 fully saturated rings. The van der Waals surface area contributed by atoms with E-state index in [0.29, 0.717) is 38.4 Å². The number of aliphatic hydroxyl groups is 1. The number of nitrogens with zero attached hydrogens (tertiary/aromatic N) is 2. The Balaban J connectivity index is 1.70. The van der Waals surface area contributed by atoms with Crippen molar-refractivity contribution in [3.8, 4) is 0 Å². The second-order valence-electron chi connectivity index (χ2n) is 7.72. The molecule has 1 atom stereocenters. The zero-order chi connectivity index (χ0) is 21.5. The molecule has 3 rings (SSSR count). The first-order chi connectivity index (χ1) is 14.5. The van der Waals surface area contributed by atoms with Crippen molar-refractivity contribution in [3.05, 3.63) is 26.6 Å². The first kappa shape index (κ1) is 22.9. The van der Waals surface area contributed by atoms with Crippen LogP contribution in [0, 0.1) is 0 Å². The van der Waals surface area contributed by atoms with Crippen LogP contribution in [0.5, 0.6) is 0 Å². The zero-order valence-corrected chi connectivity index (χ0v) is 18.6. The molecule has 0 saturated heterocycles. The summed E-state index contributed by atoms with van der Waals surface area (Å²) in [5.74, 6) is 0.260. The molecule has 0 amide bonds. The lowest BCUT2D eigenvalue weighted by Gasteiger charge is -2.24. The molecule has 0 radical (unpaired) electrons. The zero-order valence-electron chi connectivity index (χ0n) is 17.7. The Kier molecular flexibility index (Phi) is 8.38. The number of esters is 1. The maximum absolute atomic E-state index is 12.8. The number of nitrogens with one attached hydrogen (secondary N) is 1. The Morgan fingerprint density at radius 1 is 1.37 bits per heavy atom. The first-order valence-corrected chi connectivity index (χ1v) is 11.4. The molecule has 2 aromatic rings. The normalized spacial score (nSPS) is 14.8. The lowest BCUT2D eigenvalue weighted by atomic mass is 9.97. The average molecular weight is 438 g/mol. The van der Waals surface area contributed by atoms with Crippen LogP contribution in [0.25, 0.3) is 10.2 Å². The van der Waals surface area contributed by atoms with Gasteiger partial charge in [0.2, 0.25) is 0 Å². The van der Waals surface area contributed by atoms with E-state index in [9.17, 15) is 14.7 Å². The Morgan fingerprint density at radius 2 is 2.17 bits per heavy atom. The number of aliphatic hydroxyl groups excluding tert-OH is 1. The fourth-order valence-electron chi connectivity index (χ4n) is 3.77. The van der Waals surface area contributed by atoms with E-state index in [1.807, 2.05) is 11.8 Å². The number of fused-ring (bicyclic) bond motifs is 3. The predicted octanol–water partition coefficient (Wildman–Crippen LogP) is 2.02. The number of carbonyl (C=O) groups excluding carboxylic acids is 1. The summed E-state index contributed by atoms with van der Waals surface area (Å²) in [4.78, 5) is 35.9. The number of methoxy groups -OCH3 is 1. The highest BCUT2D eigenvalue weighted by molar-refractivity contribution is 7.18. The largest absolute Gasteiger partial charge is 0.463 e. The minimum absolute atomic E-state index is 0.0526. The van der Waals surface area contributed by atoms with Crippen LogP contribution in [0.2, 0.25) is 0 Å². The molecule has 2 N–H and O–H groups in total. The topological polar surface area (TPSA) is 105 Å². The molecule has 2 aromatic heterocycles. The predicted molar refractivity (Wildman–Crippen MR) is 116 cm³/mol. The molecule has 0 unspecified atom stereocenters. The van der Waals surface area contributed by atoms with Crippen molar-refractivity contribution in [2.45, 2.75) is 58.1 Å². The molecular weight excluding hydrogens is 406 g/mol. The van der Waals surface area contributed by atoms with E-state index >= 15 is 0 Å². The molecule has 0 bridgehead atoms. The minimum Gasteiger partial charge on any atom is -0.463 e. The van der Waals surface area contributed by atoms with Gasteiger partial charge in [-0.3, -0.25) is 14.5 Å². The fraction of sp³-hybridized carbons (Fsp3) is 0.667. The average Bonchev–Trinajstić information content (AvgIpc) is 3.09. The van der Waals surface area contributed by atoms with Crippen molar-refractivity contribution >= 4 is 27.5 Å². The number of aromatic amines is 1. The molecule has 8 nitrogen and oxygen atoms in total. The van der Waals surface area contributed by atoms with Crippen LogP contribution in [-0.4, -0.2) is 65.5 Å². The van der Waals surface area contributed by atoms with Gasteiger partial charge in [-0.25, -0.2) is 4.98 Å². The molecule has 1 aliphatic rings. The van der Waals surface area contributed by atoms with Crippen LogP contribution < -0.4 is 5.56 Å². The molecule has 9 heteroatoms. The monoisotopic (exact) mass is 437 g/mol. The van der Waals surface area contributed by atoms with Crippen molar-refractivity contribution < 1.29 is 19.4 Å². The smallest absolute Gasteiger partial charge is 0.305 e. The van der Waals surface area contributed by atoms with Gasteiger partial charge in [0, 0.05) is 31.5 Å². The van der Waals surface area contributed by atoms with Crippen molar-refractivity contribution in [2.24, 2.45) is 0 Å². The van der Waals surface area contributed by atoms with E-state index in [1.54, 1.807) is 18.4 Å². The summed E-state index contributed by atoms with van der Waals surface area (Å²) < 4.78 is 10.3. The SMILES string of the molecule is CCCC(=O)OC[C@H](O)CN(CCOC)Cc1nc2sc3c(c2c(=O)[nH]1)CCCC3. The third-order valence-electron chi connectivity index (χ3n) is 5.22. The van der Waals surface area contributed by atoms with Gasteiger partial charge < -0.3 is 19.6 Å². The second-order valence-corrected chi connectivity index (χ2v) is 8.80. The highest BCUT2D eigenvalue weighted by Crippen LogP contribution is 2.33. The maximum Gasteiger partial charge on any atom is 0.305 e. The Hall–Kier alpha value is -1.81. The summed E-state index contributed by atoms with van der Waals surface area (Å²) in [6, 6.07) is 0. The number of carbonyl (C=O) groups is 1. The molecule has 0 saturated carbocycles. The molecule has 0 spiro atoms. The van der Waals surface area contributed by atoms with E-state index in [4.69, 9.17) is 14.5 Å². The Labute approximate surface area is 180 Å². The number of rotatable bonds is 11. The lowest BCUT2D eigenvalue weighted by Crippen LogP contribution is -2.37. The van der Waals surface area contributed by atoms with Gasteiger partial charge in [0.15, 0.2) is 0 Å². The number of H-pyrrole nitrogens is 1. The van der Waals surface area contributed by atoms with Gasteiger partial charge in [-0.2, -0.15) is 0 Å². The molecule has 166 valence electrons. The van der Waals surface area contributed by atoms with Crippen LogP contribution in [0.15, 0.2) is 4.79 Å². The fourth-order valence-corrected chi connectivity index (χ4v) is 5.05. The lowest BCUT2D eigenvalue weighted by molar-refractivity contribution is -0.147. The minimum atomic E-state index is -0.827. The van der Waals surface area contributed by atoms with E-state index in [-0.39, 0.29) is 24.7 Å². The highest BCUT2D eigenvalue weighted by atomic mass is 32.1. The Morgan fingerprint density at radius 3 is 2.93 bits per heavy atom. The summed E-state index contributed by atoms with van der Waals surface area (Å²) in [5.41, 5.74) is 1.08. The molecule has 2 heterocycles. The third kappa shape index (κ3) is 5.87. The standard InChI is InChI=1S/C21H31N3O5S/c1-3-6-18(26)29-13-14(25)11-24(9-10-28-2)12-17-22-20(27)19-15-7-4-5-8-16(15)30-21(19)23-17/h14,25H,3-13H2,1-2H3,(H,22,23,27)/t14-/m1/s1. The molecule has 0 aliphatic heterocycles. The van der Waals surface area contributed by atoms with Crippen LogP contribution in [0.1, 0.15) is 48.9 Å². The highest BCUT2D eigenvalue weighted by Gasteiger charge is 2.21.